The van der Waals surface area contributed by atoms with Gasteiger partial charge >= 0.3 is 0 Å². The molecule has 0 saturated heterocycles. The van der Waals surface area contributed by atoms with Gasteiger partial charge in [0.2, 0.25) is 5.91 Å². The molecule has 2 rings (SSSR count). The monoisotopic (exact) mass is 436 g/mol. The lowest BCUT2D eigenvalue weighted by Crippen LogP contribution is -2.53. The van der Waals surface area contributed by atoms with E-state index in [1.165, 1.54) is 4.90 Å². The zero-order valence-corrected chi connectivity index (χ0v) is 18.6. The maximum atomic E-state index is 13.0. The molecule has 0 aliphatic heterocycles. The number of ether oxygens (including phenoxy) is 1. The van der Waals surface area contributed by atoms with Gasteiger partial charge in [-0.2, -0.15) is 0 Å². The number of hydrogen-bond donors (Lipinski definition) is 1. The summed E-state index contributed by atoms with van der Waals surface area (Å²) in [5.74, 6) is -0.0430. The van der Waals surface area contributed by atoms with E-state index < -0.39 is 11.6 Å². The van der Waals surface area contributed by atoms with Gasteiger partial charge in [0.25, 0.3) is 5.91 Å². The zero-order valence-electron chi connectivity index (χ0n) is 17.0. The predicted octanol–water partition coefficient (Wildman–Crippen LogP) is 4.70. The summed E-state index contributed by atoms with van der Waals surface area (Å²) in [6, 6.07) is 13.4. The first-order valence-corrected chi connectivity index (χ1v) is 10.1. The van der Waals surface area contributed by atoms with E-state index in [1.807, 2.05) is 39.0 Å². The van der Waals surface area contributed by atoms with Crippen LogP contribution in [0.1, 0.15) is 33.3 Å². The molecule has 0 heterocycles. The topological polar surface area (TPSA) is 58.6 Å². The SMILES string of the molecule is C[C@@H](C(=O)NC(C)(C)C)N(Cc1c(Cl)cccc1Cl)C(=O)COc1ccccc1. The summed E-state index contributed by atoms with van der Waals surface area (Å²) in [7, 11) is 0. The van der Waals surface area contributed by atoms with Crippen LogP contribution in [-0.2, 0) is 16.1 Å². The van der Waals surface area contributed by atoms with E-state index in [-0.39, 0.29) is 25.0 Å². The lowest BCUT2D eigenvalue weighted by molar-refractivity contribution is -0.142. The first kappa shape index (κ1) is 23.0. The maximum Gasteiger partial charge on any atom is 0.261 e. The fraction of sp³-hybridized carbons (Fsp3) is 0.364. The largest absolute Gasteiger partial charge is 0.484 e. The zero-order chi connectivity index (χ0) is 21.6. The third-order valence-electron chi connectivity index (χ3n) is 4.16. The summed E-state index contributed by atoms with van der Waals surface area (Å²) in [6.07, 6.45) is 0. The Balaban J connectivity index is 2.24. The Hall–Kier alpha value is -2.24. The average Bonchev–Trinajstić information content (AvgIpc) is 2.65. The molecule has 0 aliphatic rings. The first-order chi connectivity index (χ1) is 13.6. The van der Waals surface area contributed by atoms with Gasteiger partial charge in [0.1, 0.15) is 11.8 Å². The number of hydrogen-bond acceptors (Lipinski definition) is 3. The fourth-order valence-electron chi connectivity index (χ4n) is 2.66. The van der Waals surface area contributed by atoms with E-state index in [0.29, 0.717) is 21.4 Å². The maximum absolute atomic E-state index is 13.0. The van der Waals surface area contributed by atoms with Crippen LogP contribution in [-0.4, -0.2) is 34.9 Å². The second-order valence-electron chi connectivity index (χ2n) is 7.74. The highest BCUT2D eigenvalue weighted by molar-refractivity contribution is 6.36. The number of halogens is 2. The van der Waals surface area contributed by atoms with Crippen molar-refractivity contribution in [2.45, 2.75) is 45.8 Å². The van der Waals surface area contributed by atoms with E-state index in [1.54, 1.807) is 37.3 Å². The van der Waals surface area contributed by atoms with Crippen LogP contribution < -0.4 is 10.1 Å². The van der Waals surface area contributed by atoms with Crippen LogP contribution >= 0.6 is 23.2 Å². The number of carbonyl (C=O) groups excluding carboxylic acids is 2. The van der Waals surface area contributed by atoms with Gasteiger partial charge in [-0.1, -0.05) is 47.5 Å². The minimum atomic E-state index is -0.742. The Kier molecular flexibility index (Phi) is 7.94. The van der Waals surface area contributed by atoms with E-state index in [0.717, 1.165) is 0 Å². The van der Waals surface area contributed by atoms with Crippen LogP contribution in [0, 0.1) is 0 Å². The molecule has 0 radical (unpaired) electrons. The molecular weight excluding hydrogens is 411 g/mol. The van der Waals surface area contributed by atoms with Gasteiger partial charge in [0.15, 0.2) is 6.61 Å². The standard InChI is InChI=1S/C22H26Cl2N2O3/c1-15(21(28)25-22(2,3)4)26(13-17-18(23)11-8-12-19(17)24)20(27)14-29-16-9-6-5-7-10-16/h5-12,15H,13-14H2,1-4H3,(H,25,28)/t15-/m0/s1. The number of carbonyl (C=O) groups is 2. The van der Waals surface area contributed by atoms with Crippen LogP contribution in [0.5, 0.6) is 5.75 Å². The second kappa shape index (κ2) is 9.99. The highest BCUT2D eigenvalue weighted by Crippen LogP contribution is 2.26. The molecule has 7 heteroatoms. The van der Waals surface area contributed by atoms with E-state index in [9.17, 15) is 9.59 Å². The van der Waals surface area contributed by atoms with E-state index >= 15 is 0 Å². The lowest BCUT2D eigenvalue weighted by Gasteiger charge is -2.31. The Morgan fingerprint density at radius 1 is 1.03 bits per heavy atom. The minimum absolute atomic E-state index is 0.0915. The molecule has 5 nitrogen and oxygen atoms in total. The van der Waals surface area contributed by atoms with Gasteiger partial charge in [-0.05, 0) is 52.0 Å². The van der Waals surface area contributed by atoms with Crippen molar-refractivity contribution in [3.8, 4) is 5.75 Å². The van der Waals surface area contributed by atoms with Crippen LogP contribution in [0.2, 0.25) is 10.0 Å². The number of rotatable bonds is 7. The van der Waals surface area contributed by atoms with E-state index in [4.69, 9.17) is 27.9 Å². The van der Waals surface area contributed by atoms with Gasteiger partial charge in [0, 0.05) is 27.7 Å². The Morgan fingerprint density at radius 2 is 1.62 bits per heavy atom. The van der Waals surface area contributed by atoms with Gasteiger partial charge in [0.05, 0.1) is 0 Å². The molecule has 156 valence electrons. The van der Waals surface area contributed by atoms with Crippen molar-refractivity contribution in [2.24, 2.45) is 0 Å². The molecule has 29 heavy (non-hydrogen) atoms. The molecule has 0 fully saturated rings. The third kappa shape index (κ3) is 6.94. The normalized spacial score (nSPS) is 12.2. The molecule has 0 unspecified atom stereocenters. The molecule has 2 aromatic carbocycles. The van der Waals surface area contributed by atoms with Crippen LogP contribution in [0.25, 0.3) is 0 Å². The van der Waals surface area contributed by atoms with Gasteiger partial charge in [-0.3, -0.25) is 9.59 Å². The van der Waals surface area contributed by atoms with Crippen molar-refractivity contribution in [1.82, 2.24) is 10.2 Å². The number of para-hydroxylation sites is 1. The molecule has 2 aromatic rings. The van der Waals surface area contributed by atoms with Crippen molar-refractivity contribution in [2.75, 3.05) is 6.61 Å². The highest BCUT2D eigenvalue weighted by atomic mass is 35.5. The summed E-state index contributed by atoms with van der Waals surface area (Å²) in [5, 5.41) is 3.77. The Morgan fingerprint density at radius 3 is 2.17 bits per heavy atom. The molecule has 1 atom stereocenters. The van der Waals surface area contributed by atoms with Crippen LogP contribution in [0.4, 0.5) is 0 Å². The summed E-state index contributed by atoms with van der Waals surface area (Å²) >= 11 is 12.6. The lowest BCUT2D eigenvalue weighted by atomic mass is 10.1. The molecular formula is C22H26Cl2N2O3. The van der Waals surface area contributed by atoms with Crippen molar-refractivity contribution in [3.05, 3.63) is 64.1 Å². The van der Waals surface area contributed by atoms with Gasteiger partial charge in [-0.25, -0.2) is 0 Å². The average molecular weight is 437 g/mol. The number of benzene rings is 2. The quantitative estimate of drug-likeness (QED) is 0.683. The summed E-state index contributed by atoms with van der Waals surface area (Å²) < 4.78 is 5.59. The van der Waals surface area contributed by atoms with E-state index in [2.05, 4.69) is 5.32 Å². The summed E-state index contributed by atoms with van der Waals surface area (Å²) in [4.78, 5) is 27.1. The summed E-state index contributed by atoms with van der Waals surface area (Å²) in [5.41, 5.74) is 0.155. The molecule has 2 amide bonds. The van der Waals surface area contributed by atoms with Crippen molar-refractivity contribution >= 4 is 35.0 Å². The van der Waals surface area contributed by atoms with Crippen molar-refractivity contribution in [3.63, 3.8) is 0 Å². The van der Waals surface area contributed by atoms with Gasteiger partial charge in [-0.15, -0.1) is 0 Å². The van der Waals surface area contributed by atoms with Crippen LogP contribution in [0.15, 0.2) is 48.5 Å². The fourth-order valence-corrected chi connectivity index (χ4v) is 3.17. The number of nitrogens with one attached hydrogen (secondary N) is 1. The van der Waals surface area contributed by atoms with Gasteiger partial charge < -0.3 is 15.0 Å². The smallest absolute Gasteiger partial charge is 0.261 e. The Labute approximate surface area is 181 Å². The molecule has 0 bridgehead atoms. The van der Waals surface area contributed by atoms with Crippen LogP contribution in [0.3, 0.4) is 0 Å². The molecule has 0 spiro atoms. The molecule has 0 saturated carbocycles. The number of nitrogens with zero attached hydrogens (tertiary/aromatic N) is 1. The Bertz CT molecular complexity index is 831. The summed E-state index contributed by atoms with van der Waals surface area (Å²) in [6.45, 7) is 7.20. The minimum Gasteiger partial charge on any atom is -0.484 e. The van der Waals surface area contributed by atoms with Crippen molar-refractivity contribution in [1.29, 1.82) is 0 Å². The second-order valence-corrected chi connectivity index (χ2v) is 8.55. The predicted molar refractivity (Wildman–Crippen MR) is 116 cm³/mol. The highest BCUT2D eigenvalue weighted by Gasteiger charge is 2.29. The first-order valence-electron chi connectivity index (χ1n) is 9.30. The third-order valence-corrected chi connectivity index (χ3v) is 4.87. The molecule has 1 N–H and O–H groups in total. The van der Waals surface area contributed by atoms with Crippen molar-refractivity contribution < 1.29 is 14.3 Å². The molecule has 0 aliphatic carbocycles. The molecule has 0 aromatic heterocycles. The number of amides is 2.